The third-order valence-corrected chi connectivity index (χ3v) is 5.62. The average molecular weight is 326 g/mol. The number of hydrogen-bond donors (Lipinski definition) is 2. The molecule has 0 radical (unpaired) electrons. The van der Waals surface area contributed by atoms with Gasteiger partial charge in [-0.15, -0.1) is 0 Å². The Bertz CT molecular complexity index is 619. The van der Waals surface area contributed by atoms with Crippen LogP contribution in [0.2, 0.25) is 0 Å². The van der Waals surface area contributed by atoms with Crippen molar-refractivity contribution in [1.29, 1.82) is 0 Å². The summed E-state index contributed by atoms with van der Waals surface area (Å²) in [6.45, 7) is 0. The molecule has 1 aliphatic rings. The molecule has 2 rings (SSSR count). The zero-order chi connectivity index (χ0) is 16.2. The van der Waals surface area contributed by atoms with Gasteiger partial charge in [-0.25, -0.2) is 8.42 Å². The van der Waals surface area contributed by atoms with Crippen LogP contribution in [0.3, 0.4) is 0 Å². The second-order valence-corrected chi connectivity index (χ2v) is 7.19. The largest absolute Gasteiger partial charge is 0.497 e. The fourth-order valence-electron chi connectivity index (χ4n) is 2.84. The molecule has 1 amide bonds. The molecule has 1 aromatic rings. The first kappa shape index (κ1) is 16.8. The molecule has 0 saturated heterocycles. The maximum absolute atomic E-state index is 12.6. The predicted molar refractivity (Wildman–Crippen MR) is 83.2 cm³/mol. The van der Waals surface area contributed by atoms with E-state index in [2.05, 4.69) is 10.0 Å². The van der Waals surface area contributed by atoms with Gasteiger partial charge in [-0.1, -0.05) is 19.3 Å². The molecule has 0 bridgehead atoms. The maximum atomic E-state index is 12.6. The predicted octanol–water partition coefficient (Wildman–Crippen LogP) is 1.42. The summed E-state index contributed by atoms with van der Waals surface area (Å²) in [7, 11) is -0.718. The van der Waals surface area contributed by atoms with Gasteiger partial charge in [-0.2, -0.15) is 4.72 Å². The van der Waals surface area contributed by atoms with Crippen LogP contribution < -0.4 is 14.8 Å². The van der Waals surface area contributed by atoms with E-state index in [0.29, 0.717) is 18.6 Å². The molecule has 1 fully saturated rings. The smallest absolute Gasteiger partial charge is 0.241 e. The van der Waals surface area contributed by atoms with Gasteiger partial charge in [0, 0.05) is 7.05 Å². The van der Waals surface area contributed by atoms with Gasteiger partial charge in [0.05, 0.1) is 12.0 Å². The number of rotatable bonds is 5. The summed E-state index contributed by atoms with van der Waals surface area (Å²) >= 11 is 0. The molecule has 0 atom stereocenters. The van der Waals surface area contributed by atoms with Crippen molar-refractivity contribution in [2.24, 2.45) is 0 Å². The van der Waals surface area contributed by atoms with Gasteiger partial charge in [0.15, 0.2) is 0 Å². The van der Waals surface area contributed by atoms with E-state index in [4.69, 9.17) is 4.74 Å². The van der Waals surface area contributed by atoms with Crippen LogP contribution in [0, 0.1) is 0 Å². The highest BCUT2D eigenvalue weighted by molar-refractivity contribution is 7.89. The molecule has 1 saturated carbocycles. The lowest BCUT2D eigenvalue weighted by Crippen LogP contribution is -2.58. The lowest BCUT2D eigenvalue weighted by Gasteiger charge is -2.35. The van der Waals surface area contributed by atoms with Crippen molar-refractivity contribution in [3.63, 3.8) is 0 Å². The van der Waals surface area contributed by atoms with Gasteiger partial charge in [0.1, 0.15) is 11.3 Å². The minimum absolute atomic E-state index is 0.127. The standard InChI is InChI=1S/C15H22N2O4S/c1-16-14(18)15(10-4-3-5-11-15)17-22(19,20)13-8-6-12(21-2)7-9-13/h6-9,17H,3-5,10-11H2,1-2H3,(H,16,18). The summed E-state index contributed by atoms with van der Waals surface area (Å²) < 4.78 is 32.8. The van der Waals surface area contributed by atoms with Crippen LogP contribution in [0.15, 0.2) is 29.2 Å². The van der Waals surface area contributed by atoms with Crippen LogP contribution in [-0.2, 0) is 14.8 Å². The highest BCUT2D eigenvalue weighted by atomic mass is 32.2. The van der Waals surface area contributed by atoms with Crippen molar-refractivity contribution in [3.8, 4) is 5.75 Å². The van der Waals surface area contributed by atoms with Crippen LogP contribution in [0.4, 0.5) is 0 Å². The molecule has 122 valence electrons. The second-order valence-electron chi connectivity index (χ2n) is 5.50. The van der Waals surface area contributed by atoms with E-state index < -0.39 is 15.6 Å². The lowest BCUT2D eigenvalue weighted by atomic mass is 9.82. The van der Waals surface area contributed by atoms with Gasteiger partial charge in [0.2, 0.25) is 15.9 Å². The van der Waals surface area contributed by atoms with Gasteiger partial charge >= 0.3 is 0 Å². The van der Waals surface area contributed by atoms with E-state index in [0.717, 1.165) is 19.3 Å². The number of amides is 1. The van der Waals surface area contributed by atoms with Gasteiger partial charge in [0.25, 0.3) is 0 Å². The Kier molecular flexibility index (Phi) is 5.08. The van der Waals surface area contributed by atoms with E-state index in [1.807, 2.05) is 0 Å². The minimum atomic E-state index is -3.76. The van der Waals surface area contributed by atoms with E-state index >= 15 is 0 Å². The Morgan fingerprint density at radius 3 is 2.23 bits per heavy atom. The molecule has 0 spiro atoms. The molecule has 2 N–H and O–H groups in total. The number of benzene rings is 1. The topological polar surface area (TPSA) is 84.5 Å². The van der Waals surface area contributed by atoms with Crippen molar-refractivity contribution in [2.75, 3.05) is 14.2 Å². The number of nitrogens with one attached hydrogen (secondary N) is 2. The number of likely N-dealkylation sites (N-methyl/N-ethyl adjacent to an activating group) is 1. The van der Waals surface area contributed by atoms with Gasteiger partial charge in [-0.05, 0) is 37.1 Å². The molecular formula is C15H22N2O4S. The molecule has 0 aliphatic heterocycles. The van der Waals surface area contributed by atoms with Crippen molar-refractivity contribution in [2.45, 2.75) is 42.5 Å². The molecule has 7 heteroatoms. The van der Waals surface area contributed by atoms with Crippen LogP contribution >= 0.6 is 0 Å². The van der Waals surface area contributed by atoms with Crippen molar-refractivity contribution in [3.05, 3.63) is 24.3 Å². The molecule has 6 nitrogen and oxygen atoms in total. The van der Waals surface area contributed by atoms with Crippen molar-refractivity contribution in [1.82, 2.24) is 10.0 Å². The Morgan fingerprint density at radius 1 is 1.14 bits per heavy atom. The van der Waals surface area contributed by atoms with Gasteiger partial charge < -0.3 is 10.1 Å². The van der Waals surface area contributed by atoms with Crippen LogP contribution in [0.25, 0.3) is 0 Å². The first-order valence-electron chi connectivity index (χ1n) is 7.34. The normalized spacial score (nSPS) is 17.7. The van der Waals surface area contributed by atoms with E-state index in [1.54, 1.807) is 12.1 Å². The van der Waals surface area contributed by atoms with Crippen molar-refractivity contribution >= 4 is 15.9 Å². The average Bonchev–Trinajstić information content (AvgIpc) is 2.54. The SMILES string of the molecule is CNC(=O)C1(NS(=O)(=O)c2ccc(OC)cc2)CCCCC1. The fraction of sp³-hybridized carbons (Fsp3) is 0.533. The fourth-order valence-corrected chi connectivity index (χ4v) is 4.26. The number of hydrogen-bond acceptors (Lipinski definition) is 4. The number of ether oxygens (including phenoxy) is 1. The molecule has 0 heterocycles. The number of carbonyl (C=O) groups is 1. The molecule has 1 aliphatic carbocycles. The zero-order valence-corrected chi connectivity index (χ0v) is 13.7. The highest BCUT2D eigenvalue weighted by Gasteiger charge is 2.42. The van der Waals surface area contributed by atoms with Crippen LogP contribution in [0.5, 0.6) is 5.75 Å². The maximum Gasteiger partial charge on any atom is 0.241 e. The van der Waals surface area contributed by atoms with E-state index in [1.165, 1.54) is 26.3 Å². The Labute approximate surface area is 131 Å². The summed E-state index contributed by atoms with van der Waals surface area (Å²) in [6, 6.07) is 6.12. The zero-order valence-electron chi connectivity index (χ0n) is 12.9. The first-order valence-corrected chi connectivity index (χ1v) is 8.82. The monoisotopic (exact) mass is 326 g/mol. The molecule has 22 heavy (non-hydrogen) atoms. The Hall–Kier alpha value is -1.60. The van der Waals surface area contributed by atoms with Crippen LogP contribution in [0.1, 0.15) is 32.1 Å². The second kappa shape index (κ2) is 6.66. The number of carbonyl (C=O) groups excluding carboxylic acids is 1. The third-order valence-electron chi connectivity index (χ3n) is 4.07. The Balaban J connectivity index is 2.29. The number of sulfonamides is 1. The Morgan fingerprint density at radius 2 is 1.73 bits per heavy atom. The summed E-state index contributed by atoms with van der Waals surface area (Å²) in [5.74, 6) is 0.307. The quantitative estimate of drug-likeness (QED) is 0.857. The summed E-state index contributed by atoms with van der Waals surface area (Å²) in [6.07, 6.45) is 3.71. The lowest BCUT2D eigenvalue weighted by molar-refractivity contribution is -0.127. The van der Waals surface area contributed by atoms with Crippen LogP contribution in [-0.4, -0.2) is 34.0 Å². The molecular weight excluding hydrogens is 304 g/mol. The summed E-state index contributed by atoms with van der Waals surface area (Å²) in [4.78, 5) is 12.4. The highest BCUT2D eigenvalue weighted by Crippen LogP contribution is 2.30. The molecule has 1 aromatic carbocycles. The van der Waals surface area contributed by atoms with Crippen molar-refractivity contribution < 1.29 is 17.9 Å². The molecule has 0 aromatic heterocycles. The third kappa shape index (κ3) is 3.41. The van der Waals surface area contributed by atoms with E-state index in [-0.39, 0.29) is 10.8 Å². The summed E-state index contributed by atoms with van der Waals surface area (Å²) in [5.41, 5.74) is -1.05. The first-order chi connectivity index (χ1) is 10.4. The minimum Gasteiger partial charge on any atom is -0.497 e. The van der Waals surface area contributed by atoms with Gasteiger partial charge in [-0.3, -0.25) is 4.79 Å². The summed E-state index contributed by atoms with van der Waals surface area (Å²) in [5, 5.41) is 2.58. The molecule has 0 unspecified atom stereocenters. The van der Waals surface area contributed by atoms with E-state index in [9.17, 15) is 13.2 Å². The number of methoxy groups -OCH3 is 1.